The average molecular weight is 224 g/mol. The minimum absolute atomic E-state index is 0.198. The van der Waals surface area contributed by atoms with Gasteiger partial charge in [0, 0.05) is 18.5 Å². The molecular formula is C13H24N2O. The molecule has 0 spiro atoms. The van der Waals surface area contributed by atoms with E-state index in [1.807, 2.05) is 0 Å². The molecule has 2 rings (SSSR count). The summed E-state index contributed by atoms with van der Waals surface area (Å²) in [5.41, 5.74) is 0. The van der Waals surface area contributed by atoms with Gasteiger partial charge in [-0.05, 0) is 25.3 Å². The second kappa shape index (κ2) is 5.67. The Morgan fingerprint density at radius 2 is 2.12 bits per heavy atom. The number of rotatable bonds is 4. The average Bonchev–Trinajstić information content (AvgIpc) is 2.90. The molecule has 0 aromatic carbocycles. The zero-order valence-electron chi connectivity index (χ0n) is 10.3. The second-order valence-electron chi connectivity index (χ2n) is 5.49. The van der Waals surface area contributed by atoms with Crippen LogP contribution in [0, 0.1) is 11.8 Å². The number of carbonyl (C=O) groups excluding carboxylic acids is 1. The van der Waals surface area contributed by atoms with Gasteiger partial charge in [0.15, 0.2) is 0 Å². The Morgan fingerprint density at radius 3 is 2.75 bits per heavy atom. The van der Waals surface area contributed by atoms with Gasteiger partial charge in [-0.3, -0.25) is 4.79 Å². The Hall–Kier alpha value is -0.570. The fourth-order valence-corrected chi connectivity index (χ4v) is 2.97. The molecule has 0 aromatic rings. The van der Waals surface area contributed by atoms with E-state index in [-0.39, 0.29) is 11.8 Å². The molecule has 1 heterocycles. The Labute approximate surface area is 98.4 Å². The molecule has 2 N–H and O–H groups in total. The fraction of sp³-hybridized carbons (Fsp3) is 0.923. The smallest absolute Gasteiger partial charge is 0.223 e. The maximum Gasteiger partial charge on any atom is 0.223 e. The van der Waals surface area contributed by atoms with Crippen molar-refractivity contribution in [3.63, 3.8) is 0 Å². The lowest BCUT2D eigenvalue weighted by molar-refractivity contribution is -0.125. The van der Waals surface area contributed by atoms with Crippen LogP contribution in [0.5, 0.6) is 0 Å². The van der Waals surface area contributed by atoms with Crippen molar-refractivity contribution in [1.29, 1.82) is 0 Å². The second-order valence-corrected chi connectivity index (χ2v) is 5.49. The van der Waals surface area contributed by atoms with E-state index < -0.39 is 0 Å². The standard InChI is InChI=1S/C13H24N2O/c1-10(8-11-4-2-3-5-11)13(16)15-12-6-7-14-9-12/h10-12,14H,2-9H2,1H3,(H,15,16). The minimum atomic E-state index is 0.198. The number of hydrogen-bond acceptors (Lipinski definition) is 2. The number of hydrogen-bond donors (Lipinski definition) is 2. The van der Waals surface area contributed by atoms with E-state index in [1.165, 1.54) is 25.7 Å². The SMILES string of the molecule is CC(CC1CCCC1)C(=O)NC1CCNC1. The van der Waals surface area contributed by atoms with Gasteiger partial charge in [-0.15, -0.1) is 0 Å². The number of amides is 1. The summed E-state index contributed by atoms with van der Waals surface area (Å²) in [6.07, 6.45) is 7.58. The first-order chi connectivity index (χ1) is 7.75. The zero-order chi connectivity index (χ0) is 11.4. The van der Waals surface area contributed by atoms with Crippen LogP contribution in [0.15, 0.2) is 0 Å². The molecule has 1 aliphatic heterocycles. The third-order valence-corrected chi connectivity index (χ3v) is 4.02. The highest BCUT2D eigenvalue weighted by atomic mass is 16.1. The van der Waals surface area contributed by atoms with Crippen LogP contribution in [0.25, 0.3) is 0 Å². The summed E-state index contributed by atoms with van der Waals surface area (Å²) in [6.45, 7) is 4.07. The molecule has 0 radical (unpaired) electrons. The molecule has 1 amide bonds. The van der Waals surface area contributed by atoms with Gasteiger partial charge in [0.25, 0.3) is 0 Å². The molecule has 2 fully saturated rings. The highest BCUT2D eigenvalue weighted by Crippen LogP contribution is 2.30. The van der Waals surface area contributed by atoms with Crippen molar-refractivity contribution in [1.82, 2.24) is 10.6 Å². The maximum absolute atomic E-state index is 11.9. The predicted molar refractivity (Wildman–Crippen MR) is 65.2 cm³/mol. The summed E-state index contributed by atoms with van der Waals surface area (Å²) < 4.78 is 0. The summed E-state index contributed by atoms with van der Waals surface area (Å²) in [4.78, 5) is 11.9. The first-order valence-corrected chi connectivity index (χ1v) is 6.77. The Kier molecular flexibility index (Phi) is 4.22. The highest BCUT2D eigenvalue weighted by Gasteiger charge is 2.24. The maximum atomic E-state index is 11.9. The molecule has 1 saturated carbocycles. The third-order valence-electron chi connectivity index (χ3n) is 4.02. The van der Waals surface area contributed by atoms with Crippen molar-refractivity contribution >= 4 is 5.91 Å². The van der Waals surface area contributed by atoms with E-state index >= 15 is 0 Å². The van der Waals surface area contributed by atoms with E-state index in [2.05, 4.69) is 17.6 Å². The van der Waals surface area contributed by atoms with E-state index in [4.69, 9.17) is 0 Å². The lowest BCUT2D eigenvalue weighted by atomic mass is 9.94. The van der Waals surface area contributed by atoms with Gasteiger partial charge in [-0.1, -0.05) is 32.6 Å². The van der Waals surface area contributed by atoms with Crippen molar-refractivity contribution in [2.45, 2.75) is 51.5 Å². The molecule has 0 bridgehead atoms. The monoisotopic (exact) mass is 224 g/mol. The third kappa shape index (κ3) is 3.21. The van der Waals surface area contributed by atoms with Crippen LogP contribution >= 0.6 is 0 Å². The summed E-state index contributed by atoms with van der Waals surface area (Å²) in [6, 6.07) is 0.374. The molecule has 3 nitrogen and oxygen atoms in total. The van der Waals surface area contributed by atoms with E-state index in [1.54, 1.807) is 0 Å². The molecule has 1 saturated heterocycles. The Morgan fingerprint density at radius 1 is 1.38 bits per heavy atom. The molecule has 0 aromatic heterocycles. The summed E-state index contributed by atoms with van der Waals surface area (Å²) in [5.74, 6) is 1.27. The van der Waals surface area contributed by atoms with Gasteiger partial charge in [0.1, 0.15) is 0 Å². The summed E-state index contributed by atoms with van der Waals surface area (Å²) >= 11 is 0. The quantitative estimate of drug-likeness (QED) is 0.763. The van der Waals surface area contributed by atoms with Gasteiger partial charge < -0.3 is 10.6 Å². The highest BCUT2D eigenvalue weighted by molar-refractivity contribution is 5.78. The van der Waals surface area contributed by atoms with E-state index in [9.17, 15) is 4.79 Å². The van der Waals surface area contributed by atoms with E-state index in [0.717, 1.165) is 31.8 Å². The first kappa shape index (κ1) is 11.9. The number of nitrogens with one attached hydrogen (secondary N) is 2. The summed E-state index contributed by atoms with van der Waals surface area (Å²) in [5, 5.41) is 6.43. The molecule has 92 valence electrons. The fourth-order valence-electron chi connectivity index (χ4n) is 2.97. The molecule has 1 aliphatic carbocycles. The lowest BCUT2D eigenvalue weighted by Gasteiger charge is -2.18. The van der Waals surface area contributed by atoms with Crippen LogP contribution in [0.3, 0.4) is 0 Å². The molecule has 2 unspecified atom stereocenters. The molecule has 2 atom stereocenters. The molecule has 3 heteroatoms. The molecule has 2 aliphatic rings. The topological polar surface area (TPSA) is 41.1 Å². The lowest BCUT2D eigenvalue weighted by Crippen LogP contribution is -2.39. The number of carbonyl (C=O) groups is 1. The van der Waals surface area contributed by atoms with Gasteiger partial charge in [-0.2, -0.15) is 0 Å². The van der Waals surface area contributed by atoms with E-state index in [0.29, 0.717) is 6.04 Å². The van der Waals surface area contributed by atoms with Crippen LogP contribution in [0.2, 0.25) is 0 Å². The van der Waals surface area contributed by atoms with Crippen LogP contribution in [0.1, 0.15) is 45.4 Å². The minimum Gasteiger partial charge on any atom is -0.352 e. The van der Waals surface area contributed by atoms with Crippen molar-refractivity contribution in [3.8, 4) is 0 Å². The predicted octanol–water partition coefficient (Wildman–Crippen LogP) is 1.68. The van der Waals surface area contributed by atoms with Crippen LogP contribution in [-0.2, 0) is 4.79 Å². The molecular weight excluding hydrogens is 200 g/mol. The normalized spacial score (nSPS) is 28.2. The first-order valence-electron chi connectivity index (χ1n) is 6.77. The van der Waals surface area contributed by atoms with Crippen molar-refractivity contribution < 1.29 is 4.79 Å². The van der Waals surface area contributed by atoms with Gasteiger partial charge in [0.2, 0.25) is 5.91 Å². The van der Waals surface area contributed by atoms with Crippen LogP contribution in [0.4, 0.5) is 0 Å². The van der Waals surface area contributed by atoms with Crippen molar-refractivity contribution in [3.05, 3.63) is 0 Å². The Bertz CT molecular complexity index is 230. The van der Waals surface area contributed by atoms with Crippen molar-refractivity contribution in [2.24, 2.45) is 11.8 Å². The largest absolute Gasteiger partial charge is 0.352 e. The van der Waals surface area contributed by atoms with Gasteiger partial charge >= 0.3 is 0 Å². The van der Waals surface area contributed by atoms with Crippen LogP contribution in [-0.4, -0.2) is 25.0 Å². The Balaban J connectivity index is 1.70. The van der Waals surface area contributed by atoms with Crippen molar-refractivity contribution in [2.75, 3.05) is 13.1 Å². The summed E-state index contributed by atoms with van der Waals surface area (Å²) in [7, 11) is 0. The zero-order valence-corrected chi connectivity index (χ0v) is 10.3. The van der Waals surface area contributed by atoms with Gasteiger partial charge in [0.05, 0.1) is 0 Å². The molecule has 16 heavy (non-hydrogen) atoms. The van der Waals surface area contributed by atoms with Gasteiger partial charge in [-0.25, -0.2) is 0 Å². The van der Waals surface area contributed by atoms with Crippen LogP contribution < -0.4 is 10.6 Å².